The molecule has 0 aliphatic rings. The van der Waals surface area contributed by atoms with Crippen molar-refractivity contribution in [3.8, 4) is 0 Å². The van der Waals surface area contributed by atoms with Crippen molar-refractivity contribution in [2.45, 2.75) is 6.92 Å². The minimum absolute atomic E-state index is 0.0811. The average Bonchev–Trinajstić information content (AvgIpc) is 2.48. The van der Waals surface area contributed by atoms with Crippen molar-refractivity contribution in [2.24, 2.45) is 0 Å². The third-order valence-electron chi connectivity index (χ3n) is 1.87. The summed E-state index contributed by atoms with van der Waals surface area (Å²) in [6.07, 6.45) is 1.55. The van der Waals surface area contributed by atoms with Crippen molar-refractivity contribution in [2.75, 3.05) is 0 Å². The number of carboxylic acid groups (broad SMARTS) is 1. The molecule has 0 saturated carbocycles. The van der Waals surface area contributed by atoms with Crippen LogP contribution in [0.4, 0.5) is 0 Å². The number of hydrogen-bond acceptors (Lipinski definition) is 3. The second kappa shape index (κ2) is 2.95. The highest BCUT2D eigenvalue weighted by Crippen LogP contribution is 2.14. The topological polar surface area (TPSA) is 67.5 Å². The van der Waals surface area contributed by atoms with Gasteiger partial charge in [0.05, 0.1) is 11.7 Å². The monoisotopic (exact) mass is 211 g/mol. The normalized spacial score (nSPS) is 10.7. The molecule has 0 amide bonds. The summed E-state index contributed by atoms with van der Waals surface area (Å²) in [6, 6.07) is 1.42. The molecule has 0 aromatic carbocycles. The molecule has 1 N–H and O–H groups in total. The van der Waals surface area contributed by atoms with Crippen molar-refractivity contribution in [1.82, 2.24) is 14.4 Å². The van der Waals surface area contributed by atoms with E-state index >= 15 is 0 Å². The molecule has 0 unspecified atom stereocenters. The third-order valence-corrected chi connectivity index (χ3v) is 2.12. The molecule has 2 aromatic heterocycles. The molecule has 6 heteroatoms. The first kappa shape index (κ1) is 8.96. The Morgan fingerprint density at radius 1 is 1.64 bits per heavy atom. The van der Waals surface area contributed by atoms with Gasteiger partial charge in [0.25, 0.3) is 0 Å². The van der Waals surface area contributed by atoms with Crippen molar-refractivity contribution in [1.29, 1.82) is 0 Å². The zero-order valence-corrected chi connectivity index (χ0v) is 7.99. The first-order chi connectivity index (χ1) is 6.59. The Kier molecular flexibility index (Phi) is 1.89. The predicted octanol–water partition coefficient (Wildman–Crippen LogP) is 1.39. The van der Waals surface area contributed by atoms with Crippen LogP contribution in [-0.4, -0.2) is 25.4 Å². The van der Waals surface area contributed by atoms with E-state index in [1.807, 2.05) is 0 Å². The Labute approximate surface area is 84.0 Å². The van der Waals surface area contributed by atoms with Gasteiger partial charge in [0, 0.05) is 0 Å². The van der Waals surface area contributed by atoms with Crippen LogP contribution < -0.4 is 0 Å². The summed E-state index contributed by atoms with van der Waals surface area (Å²) in [5.74, 6) is -0.428. The van der Waals surface area contributed by atoms with Crippen LogP contribution in [0, 0.1) is 6.92 Å². The van der Waals surface area contributed by atoms with E-state index < -0.39 is 5.97 Å². The highest BCUT2D eigenvalue weighted by atomic mass is 35.5. The lowest BCUT2D eigenvalue weighted by atomic mass is 10.4. The molecule has 0 aliphatic carbocycles. The number of carbonyl (C=O) groups is 1. The van der Waals surface area contributed by atoms with E-state index in [9.17, 15) is 4.79 Å². The summed E-state index contributed by atoms with van der Waals surface area (Å²) in [6.45, 7) is 1.76. The lowest BCUT2D eigenvalue weighted by molar-refractivity contribution is 0.0690. The third kappa shape index (κ3) is 1.22. The lowest BCUT2D eigenvalue weighted by Crippen LogP contribution is -2.03. The molecule has 0 radical (unpaired) electrons. The Morgan fingerprint density at radius 3 is 3.00 bits per heavy atom. The van der Waals surface area contributed by atoms with Crippen LogP contribution in [0.15, 0.2) is 12.3 Å². The van der Waals surface area contributed by atoms with E-state index in [1.165, 1.54) is 6.07 Å². The molecule has 2 heterocycles. The summed E-state index contributed by atoms with van der Waals surface area (Å²) in [4.78, 5) is 18.4. The van der Waals surface area contributed by atoms with Crippen LogP contribution in [0.2, 0.25) is 5.28 Å². The molecule has 0 aliphatic heterocycles. The molecule has 5 nitrogen and oxygen atoms in total. The smallest absolute Gasteiger partial charge is 0.354 e. The lowest BCUT2D eigenvalue weighted by Gasteiger charge is -2.00. The minimum atomic E-state index is -1.10. The maximum atomic E-state index is 10.7. The summed E-state index contributed by atoms with van der Waals surface area (Å²) in [5, 5.41) is 8.83. The molecule has 72 valence electrons. The second-order valence-electron chi connectivity index (χ2n) is 2.78. The number of fused-ring (bicyclic) bond motifs is 1. The van der Waals surface area contributed by atoms with Gasteiger partial charge in [-0.15, -0.1) is 0 Å². The van der Waals surface area contributed by atoms with Crippen molar-refractivity contribution in [3.05, 3.63) is 29.1 Å². The van der Waals surface area contributed by atoms with Gasteiger partial charge in [0.2, 0.25) is 5.28 Å². The number of hydrogen-bond donors (Lipinski definition) is 1. The fraction of sp³-hybridized carbons (Fsp3) is 0.125. The number of aromatic carboxylic acids is 1. The number of aryl methyl sites for hydroxylation is 1. The Morgan fingerprint density at radius 2 is 2.36 bits per heavy atom. The van der Waals surface area contributed by atoms with Crippen LogP contribution in [0.3, 0.4) is 0 Å². The molecule has 0 fully saturated rings. The summed E-state index contributed by atoms with van der Waals surface area (Å²) >= 11 is 5.80. The second-order valence-corrected chi connectivity index (χ2v) is 3.12. The molecule has 0 saturated heterocycles. The highest BCUT2D eigenvalue weighted by Gasteiger charge is 2.11. The molecule has 14 heavy (non-hydrogen) atoms. The van der Waals surface area contributed by atoms with Gasteiger partial charge in [-0.25, -0.2) is 14.8 Å². The number of carboxylic acids is 1. The first-order valence-corrected chi connectivity index (χ1v) is 4.21. The molecular formula is C8H6ClN3O2. The number of imidazole rings is 1. The summed E-state index contributed by atoms with van der Waals surface area (Å²) in [7, 11) is 0. The van der Waals surface area contributed by atoms with Gasteiger partial charge in [0.15, 0.2) is 5.69 Å². The maximum absolute atomic E-state index is 10.7. The van der Waals surface area contributed by atoms with Crippen molar-refractivity contribution < 1.29 is 9.90 Å². The quantitative estimate of drug-likeness (QED) is 0.724. The van der Waals surface area contributed by atoms with Crippen LogP contribution >= 0.6 is 11.6 Å². The molecule has 2 aromatic rings. The van der Waals surface area contributed by atoms with E-state index in [1.54, 1.807) is 17.5 Å². The first-order valence-electron chi connectivity index (χ1n) is 3.83. The summed E-state index contributed by atoms with van der Waals surface area (Å²) < 4.78 is 1.58. The molecule has 2 rings (SSSR count). The minimum Gasteiger partial charge on any atom is -0.477 e. The van der Waals surface area contributed by atoms with E-state index in [0.717, 1.165) is 0 Å². The van der Waals surface area contributed by atoms with Gasteiger partial charge in [-0.3, -0.25) is 4.40 Å². The van der Waals surface area contributed by atoms with Crippen LogP contribution in [0.25, 0.3) is 5.52 Å². The predicted molar refractivity (Wildman–Crippen MR) is 49.7 cm³/mol. The Balaban J connectivity index is 2.80. The number of halogens is 1. The van der Waals surface area contributed by atoms with E-state index in [-0.39, 0.29) is 11.0 Å². The van der Waals surface area contributed by atoms with Gasteiger partial charge in [0.1, 0.15) is 5.82 Å². The largest absolute Gasteiger partial charge is 0.477 e. The fourth-order valence-corrected chi connectivity index (χ4v) is 1.55. The van der Waals surface area contributed by atoms with E-state index in [2.05, 4.69) is 9.97 Å². The van der Waals surface area contributed by atoms with Gasteiger partial charge >= 0.3 is 5.97 Å². The van der Waals surface area contributed by atoms with Crippen LogP contribution in [0.5, 0.6) is 0 Å². The number of nitrogens with zero attached hydrogens (tertiary/aromatic N) is 3. The molecule has 0 bridgehead atoms. The maximum Gasteiger partial charge on any atom is 0.354 e. The van der Waals surface area contributed by atoms with Crippen molar-refractivity contribution >= 4 is 23.1 Å². The molecule has 0 spiro atoms. The SMILES string of the molecule is Cc1ncc2cc(C(=O)O)nc(Cl)n12. The van der Waals surface area contributed by atoms with Gasteiger partial charge in [-0.2, -0.15) is 0 Å². The Bertz CT molecular complexity index is 521. The van der Waals surface area contributed by atoms with Crippen LogP contribution in [0.1, 0.15) is 16.3 Å². The van der Waals surface area contributed by atoms with E-state index in [0.29, 0.717) is 11.3 Å². The highest BCUT2D eigenvalue weighted by molar-refractivity contribution is 6.28. The number of aromatic nitrogens is 3. The zero-order valence-electron chi connectivity index (χ0n) is 7.23. The molecule has 0 atom stereocenters. The summed E-state index contributed by atoms with van der Waals surface area (Å²) in [5.41, 5.74) is 0.544. The molecular weight excluding hydrogens is 206 g/mol. The van der Waals surface area contributed by atoms with Crippen molar-refractivity contribution in [3.63, 3.8) is 0 Å². The number of rotatable bonds is 1. The van der Waals surface area contributed by atoms with E-state index in [4.69, 9.17) is 16.7 Å². The average molecular weight is 212 g/mol. The van der Waals surface area contributed by atoms with Gasteiger partial charge in [-0.05, 0) is 24.6 Å². The standard InChI is InChI=1S/C8H6ClN3O2/c1-4-10-3-5-2-6(7(13)14)11-8(9)12(4)5/h2-3H,1H3,(H,13,14). The Hall–Kier alpha value is -1.62. The van der Waals surface area contributed by atoms with Gasteiger partial charge < -0.3 is 5.11 Å². The van der Waals surface area contributed by atoms with Crippen LogP contribution in [-0.2, 0) is 0 Å². The zero-order chi connectivity index (χ0) is 10.3. The fourth-order valence-electron chi connectivity index (χ4n) is 1.24. The van der Waals surface area contributed by atoms with Gasteiger partial charge in [-0.1, -0.05) is 0 Å².